The van der Waals surface area contributed by atoms with E-state index in [1.54, 1.807) is 32.6 Å². The van der Waals surface area contributed by atoms with Crippen molar-refractivity contribution in [3.8, 4) is 0 Å². The first-order valence-electron chi connectivity index (χ1n) is 10.9. The highest BCUT2D eigenvalue weighted by atomic mass is 16.6. The van der Waals surface area contributed by atoms with Crippen molar-refractivity contribution < 1.29 is 28.5 Å². The summed E-state index contributed by atoms with van der Waals surface area (Å²) in [6.07, 6.45) is 3.35. The topological polar surface area (TPSA) is 177 Å². The first kappa shape index (κ1) is 27.9. The van der Waals surface area contributed by atoms with Crippen LogP contribution < -0.4 is 16.7 Å². The molecule has 0 bridgehead atoms. The average molecular weight is 497 g/mol. The van der Waals surface area contributed by atoms with Gasteiger partial charge in [0.05, 0.1) is 24.4 Å². The first-order valence-corrected chi connectivity index (χ1v) is 10.9. The summed E-state index contributed by atoms with van der Waals surface area (Å²) in [5, 5.41) is 6.09. The smallest absolute Gasteiger partial charge is 0.351 e. The number of anilines is 1. The van der Waals surface area contributed by atoms with E-state index < -0.39 is 17.9 Å². The largest absolute Gasteiger partial charge is 0.443 e. The lowest BCUT2D eigenvalue weighted by Crippen LogP contribution is -2.32. The molecule has 1 aromatic heterocycles. The second-order valence-corrected chi connectivity index (χ2v) is 7.94. The number of nitrogens with two attached hydrogens (primary N) is 1. The Morgan fingerprint density at radius 3 is 2.77 bits per heavy atom. The molecule has 4 unspecified atom stereocenters. The number of nitroso groups, excluding NO2 is 1. The molecule has 35 heavy (non-hydrogen) atoms. The maximum atomic E-state index is 12.5. The zero-order valence-electron chi connectivity index (χ0n) is 20.2. The van der Waals surface area contributed by atoms with Crippen LogP contribution in [0.2, 0.25) is 0 Å². The number of ether oxygens (including phenoxy) is 4. The molecular formula is C21H32N6O8. The maximum Gasteiger partial charge on any atom is 0.351 e. The number of carbonyl (C=O) groups is 2. The molecule has 1 fully saturated rings. The molecule has 1 amide bonds. The number of rotatable bonds is 13. The van der Waals surface area contributed by atoms with Crippen LogP contribution in [0.1, 0.15) is 31.6 Å². The molecule has 1 aliphatic heterocycles. The molecule has 1 aromatic rings. The second-order valence-electron chi connectivity index (χ2n) is 7.94. The molecule has 0 radical (unpaired) electrons. The first-order chi connectivity index (χ1) is 16.7. The van der Waals surface area contributed by atoms with E-state index >= 15 is 0 Å². The molecule has 4 atom stereocenters. The van der Waals surface area contributed by atoms with E-state index in [0.29, 0.717) is 12.2 Å². The molecule has 1 saturated heterocycles. The number of nitrogens with zero attached hydrogens (tertiary/aromatic N) is 4. The van der Waals surface area contributed by atoms with Gasteiger partial charge in [0.2, 0.25) is 5.91 Å². The minimum Gasteiger partial charge on any atom is -0.443 e. The predicted molar refractivity (Wildman–Crippen MR) is 124 cm³/mol. The quantitative estimate of drug-likeness (QED) is 0.163. The highest BCUT2D eigenvalue weighted by molar-refractivity contribution is 5.81. The lowest BCUT2D eigenvalue weighted by molar-refractivity contribution is -0.149. The molecule has 194 valence electrons. The molecule has 14 heteroatoms. The van der Waals surface area contributed by atoms with Gasteiger partial charge in [-0.25, -0.2) is 9.80 Å². The maximum absolute atomic E-state index is 12.5. The fourth-order valence-electron chi connectivity index (χ4n) is 3.60. The molecule has 1 aliphatic rings. The Kier molecular flexibility index (Phi) is 10.8. The highest BCUT2D eigenvalue weighted by Crippen LogP contribution is 2.35. The average Bonchev–Trinajstić information content (AvgIpc) is 3.14. The Morgan fingerprint density at radius 2 is 2.11 bits per heavy atom. The monoisotopic (exact) mass is 496 g/mol. The van der Waals surface area contributed by atoms with Gasteiger partial charge in [0.25, 0.3) is 0 Å². The van der Waals surface area contributed by atoms with Crippen LogP contribution in [0.15, 0.2) is 22.4 Å². The fraction of sp³-hybridized carbons (Fsp3) is 0.619. The molecule has 2 rings (SSSR count). The van der Waals surface area contributed by atoms with Crippen LogP contribution in [0.4, 0.5) is 5.82 Å². The molecular weight excluding hydrogens is 464 g/mol. The predicted octanol–water partition coefficient (Wildman–Crippen LogP) is 0.0439. The van der Waals surface area contributed by atoms with Crippen molar-refractivity contribution in [2.75, 3.05) is 46.9 Å². The zero-order valence-corrected chi connectivity index (χ0v) is 20.2. The van der Waals surface area contributed by atoms with Gasteiger partial charge in [-0.1, -0.05) is 19.1 Å². The normalized spacial score (nSPS) is 21.7. The van der Waals surface area contributed by atoms with Gasteiger partial charge in [0, 0.05) is 51.9 Å². The number of carbonyl (C=O) groups excluding carboxylic acids is 2. The molecule has 0 saturated carbocycles. The van der Waals surface area contributed by atoms with Gasteiger partial charge in [0.15, 0.2) is 6.73 Å². The Morgan fingerprint density at radius 1 is 1.37 bits per heavy atom. The second kappa shape index (κ2) is 13.5. The fourth-order valence-corrected chi connectivity index (χ4v) is 3.60. The van der Waals surface area contributed by atoms with Crippen LogP contribution in [0.5, 0.6) is 0 Å². The SMILES string of the molecule is COCC1OC(n2cc(/C=C/CNC(=O)CCC(=O)OCN(C)N=O)c(N)nc2=O)C(C)C1OC. The summed E-state index contributed by atoms with van der Waals surface area (Å²) < 4.78 is 22.9. The van der Waals surface area contributed by atoms with Crippen LogP contribution in [-0.2, 0) is 28.5 Å². The summed E-state index contributed by atoms with van der Waals surface area (Å²) >= 11 is 0. The number of aromatic nitrogens is 2. The number of esters is 1. The van der Waals surface area contributed by atoms with Gasteiger partial charge in [0.1, 0.15) is 18.1 Å². The highest BCUT2D eigenvalue weighted by Gasteiger charge is 2.43. The van der Waals surface area contributed by atoms with Crippen LogP contribution in [0, 0.1) is 10.8 Å². The minimum atomic E-state index is -0.626. The lowest BCUT2D eigenvalue weighted by Gasteiger charge is -2.20. The number of nitrogens with one attached hydrogen (secondary N) is 1. The summed E-state index contributed by atoms with van der Waals surface area (Å²) in [6, 6.07) is 0. The van der Waals surface area contributed by atoms with Crippen molar-refractivity contribution >= 4 is 23.8 Å². The number of hydrogen-bond acceptors (Lipinski definition) is 11. The van der Waals surface area contributed by atoms with Crippen LogP contribution in [0.3, 0.4) is 0 Å². The van der Waals surface area contributed by atoms with E-state index in [4.69, 9.17) is 24.7 Å². The summed E-state index contributed by atoms with van der Waals surface area (Å²) in [5.74, 6) is -1.11. The Balaban J connectivity index is 1.94. The third-order valence-electron chi connectivity index (χ3n) is 5.36. The standard InChI is InChI=1S/C21H32N6O8/c1-13-18(33-4)15(11-32-3)35-20(13)27-10-14(19(22)24-21(27)30)6-5-9-23-16(28)7-8-17(29)34-12-26(2)25-31/h5-6,10,13,15,18,20H,7-9,11-12H2,1-4H3,(H,23,28)(H2,22,24,30)/b6-5+. The molecule has 0 aromatic carbocycles. The van der Waals surface area contributed by atoms with E-state index in [2.05, 4.69) is 15.6 Å². The van der Waals surface area contributed by atoms with Gasteiger partial charge < -0.3 is 30.0 Å². The summed E-state index contributed by atoms with van der Waals surface area (Å²) in [4.78, 5) is 50.1. The third-order valence-corrected chi connectivity index (χ3v) is 5.36. The summed E-state index contributed by atoms with van der Waals surface area (Å²) in [5.41, 5.74) is 5.82. The van der Waals surface area contributed by atoms with Gasteiger partial charge in [-0.05, 0) is 0 Å². The third kappa shape index (κ3) is 7.83. The van der Waals surface area contributed by atoms with Crippen molar-refractivity contribution in [2.24, 2.45) is 11.2 Å². The number of amides is 1. The van der Waals surface area contributed by atoms with E-state index in [-0.39, 0.29) is 56.0 Å². The van der Waals surface area contributed by atoms with Crippen molar-refractivity contribution in [3.05, 3.63) is 33.2 Å². The number of nitrogen functional groups attached to an aromatic ring is 1. The van der Waals surface area contributed by atoms with Crippen LogP contribution in [-0.4, -0.2) is 79.8 Å². The van der Waals surface area contributed by atoms with Gasteiger partial charge >= 0.3 is 11.7 Å². The Hall–Kier alpha value is -3.36. The van der Waals surface area contributed by atoms with Gasteiger partial charge in [-0.3, -0.25) is 14.2 Å². The molecule has 14 nitrogen and oxygen atoms in total. The van der Waals surface area contributed by atoms with Crippen molar-refractivity contribution in [3.63, 3.8) is 0 Å². The van der Waals surface area contributed by atoms with Crippen molar-refractivity contribution in [1.82, 2.24) is 19.9 Å². The van der Waals surface area contributed by atoms with Crippen LogP contribution in [0.25, 0.3) is 6.08 Å². The van der Waals surface area contributed by atoms with E-state index in [1.807, 2.05) is 6.92 Å². The number of methoxy groups -OCH3 is 2. The molecule has 0 spiro atoms. The summed E-state index contributed by atoms with van der Waals surface area (Å²) in [6.45, 7) is 2.10. The van der Waals surface area contributed by atoms with E-state index in [1.165, 1.54) is 11.6 Å². The summed E-state index contributed by atoms with van der Waals surface area (Å²) in [7, 11) is 4.49. The molecule has 3 N–H and O–H groups in total. The lowest BCUT2D eigenvalue weighted by atomic mass is 10.0. The number of hydrogen-bond donors (Lipinski definition) is 2. The van der Waals surface area contributed by atoms with E-state index in [9.17, 15) is 19.3 Å². The van der Waals surface area contributed by atoms with Gasteiger partial charge in [-0.15, -0.1) is 4.91 Å². The molecule has 0 aliphatic carbocycles. The van der Waals surface area contributed by atoms with Crippen molar-refractivity contribution in [2.45, 2.75) is 38.2 Å². The minimum absolute atomic E-state index is 0.0359. The molecule has 2 heterocycles. The van der Waals surface area contributed by atoms with E-state index in [0.717, 1.165) is 5.01 Å². The van der Waals surface area contributed by atoms with Crippen LogP contribution >= 0.6 is 0 Å². The van der Waals surface area contributed by atoms with Gasteiger partial charge in [-0.2, -0.15) is 4.98 Å². The Labute approximate surface area is 202 Å². The zero-order chi connectivity index (χ0) is 26.0. The van der Waals surface area contributed by atoms with Crippen molar-refractivity contribution in [1.29, 1.82) is 0 Å². The Bertz CT molecular complexity index is 968.